The first-order chi connectivity index (χ1) is 11.3. The normalized spacial score (nSPS) is 17.4. The summed E-state index contributed by atoms with van der Waals surface area (Å²) in [6.07, 6.45) is 8.09. The second-order valence-electron chi connectivity index (χ2n) is 6.10. The number of benzene rings is 1. The predicted octanol–water partition coefficient (Wildman–Crippen LogP) is 3.63. The van der Waals surface area contributed by atoms with Gasteiger partial charge in [-0.05, 0) is 37.6 Å². The Morgan fingerprint density at radius 2 is 1.83 bits per heavy atom. The fourth-order valence-corrected chi connectivity index (χ4v) is 3.22. The van der Waals surface area contributed by atoms with E-state index in [0.717, 1.165) is 13.1 Å². The molecule has 1 aromatic heterocycles. The van der Waals surface area contributed by atoms with E-state index in [2.05, 4.69) is 34.5 Å². The van der Waals surface area contributed by atoms with Crippen molar-refractivity contribution in [3.8, 4) is 0 Å². The highest BCUT2D eigenvalue weighted by Crippen LogP contribution is 2.23. The lowest BCUT2D eigenvalue weighted by Crippen LogP contribution is -2.38. The lowest BCUT2D eigenvalue weighted by molar-refractivity contribution is 0.0932. The SMILES string of the molecule is O=C(NC[C@@H](c1ccccc1)N1CCCCCC1)c1ccoc1. The van der Waals surface area contributed by atoms with Crippen molar-refractivity contribution in [1.29, 1.82) is 0 Å². The van der Waals surface area contributed by atoms with Gasteiger partial charge >= 0.3 is 0 Å². The first-order valence-corrected chi connectivity index (χ1v) is 8.44. The summed E-state index contributed by atoms with van der Waals surface area (Å²) in [6.45, 7) is 2.82. The van der Waals surface area contributed by atoms with Crippen molar-refractivity contribution < 1.29 is 9.21 Å². The Balaban J connectivity index is 1.71. The van der Waals surface area contributed by atoms with Gasteiger partial charge in [-0.15, -0.1) is 0 Å². The van der Waals surface area contributed by atoms with E-state index in [1.807, 2.05) is 6.07 Å². The Bertz CT molecular complexity index is 587. The van der Waals surface area contributed by atoms with Crippen molar-refractivity contribution in [2.24, 2.45) is 0 Å². The lowest BCUT2D eigenvalue weighted by atomic mass is 10.0. The Morgan fingerprint density at radius 1 is 1.09 bits per heavy atom. The third-order valence-electron chi connectivity index (χ3n) is 4.51. The molecule has 1 aliphatic rings. The van der Waals surface area contributed by atoms with Gasteiger partial charge in [-0.25, -0.2) is 0 Å². The Hall–Kier alpha value is -2.07. The van der Waals surface area contributed by atoms with Crippen LogP contribution in [0.2, 0.25) is 0 Å². The van der Waals surface area contributed by atoms with Crippen LogP contribution in [-0.2, 0) is 0 Å². The molecule has 0 saturated carbocycles. The molecule has 0 unspecified atom stereocenters. The van der Waals surface area contributed by atoms with E-state index in [-0.39, 0.29) is 11.9 Å². The number of carbonyl (C=O) groups is 1. The fraction of sp³-hybridized carbons (Fsp3) is 0.421. The summed E-state index contributed by atoms with van der Waals surface area (Å²) in [5.74, 6) is -0.0745. The summed E-state index contributed by atoms with van der Waals surface area (Å²) < 4.78 is 4.99. The molecule has 0 aliphatic carbocycles. The molecule has 23 heavy (non-hydrogen) atoms. The number of nitrogens with one attached hydrogen (secondary N) is 1. The number of hydrogen-bond acceptors (Lipinski definition) is 3. The minimum atomic E-state index is -0.0745. The molecule has 4 heteroatoms. The molecule has 1 fully saturated rings. The van der Waals surface area contributed by atoms with E-state index >= 15 is 0 Å². The smallest absolute Gasteiger partial charge is 0.254 e. The maximum Gasteiger partial charge on any atom is 0.254 e. The molecule has 1 aliphatic heterocycles. The molecule has 1 atom stereocenters. The van der Waals surface area contributed by atoms with Crippen LogP contribution in [0.4, 0.5) is 0 Å². The topological polar surface area (TPSA) is 45.5 Å². The van der Waals surface area contributed by atoms with Crippen molar-refractivity contribution in [3.63, 3.8) is 0 Å². The van der Waals surface area contributed by atoms with Crippen LogP contribution >= 0.6 is 0 Å². The van der Waals surface area contributed by atoms with Gasteiger partial charge < -0.3 is 9.73 Å². The van der Waals surface area contributed by atoms with E-state index in [9.17, 15) is 4.79 Å². The standard InChI is InChI=1S/C19H24N2O2/c22-19(17-10-13-23-15-17)20-14-18(16-8-4-3-5-9-16)21-11-6-1-2-7-12-21/h3-5,8-10,13,15,18H,1-2,6-7,11-12,14H2,(H,20,22)/t18-/m0/s1. The van der Waals surface area contributed by atoms with Gasteiger partial charge in [0.25, 0.3) is 5.91 Å². The van der Waals surface area contributed by atoms with Crippen LogP contribution < -0.4 is 5.32 Å². The van der Waals surface area contributed by atoms with Crippen molar-refractivity contribution in [1.82, 2.24) is 10.2 Å². The van der Waals surface area contributed by atoms with Crippen molar-refractivity contribution in [2.45, 2.75) is 31.7 Å². The Labute approximate surface area is 137 Å². The van der Waals surface area contributed by atoms with Crippen LogP contribution in [0.25, 0.3) is 0 Å². The van der Waals surface area contributed by atoms with Gasteiger partial charge in [0.05, 0.1) is 17.9 Å². The summed E-state index contributed by atoms with van der Waals surface area (Å²) in [4.78, 5) is 14.7. The summed E-state index contributed by atoms with van der Waals surface area (Å²) in [6, 6.07) is 12.4. The van der Waals surface area contributed by atoms with Crippen molar-refractivity contribution in [2.75, 3.05) is 19.6 Å². The molecule has 0 radical (unpaired) electrons. The maximum absolute atomic E-state index is 12.2. The summed E-state index contributed by atoms with van der Waals surface area (Å²) >= 11 is 0. The molecule has 1 amide bonds. The molecular formula is C19H24N2O2. The lowest BCUT2D eigenvalue weighted by Gasteiger charge is -2.31. The molecule has 4 nitrogen and oxygen atoms in total. The average molecular weight is 312 g/mol. The summed E-state index contributed by atoms with van der Waals surface area (Å²) in [7, 11) is 0. The van der Waals surface area contributed by atoms with Gasteiger partial charge in [0.1, 0.15) is 6.26 Å². The highest BCUT2D eigenvalue weighted by atomic mass is 16.3. The second-order valence-corrected chi connectivity index (χ2v) is 6.10. The molecule has 0 bridgehead atoms. The molecule has 1 aromatic carbocycles. The number of carbonyl (C=O) groups excluding carboxylic acids is 1. The third kappa shape index (κ3) is 4.23. The molecule has 0 spiro atoms. The van der Waals surface area contributed by atoms with Gasteiger partial charge in [0, 0.05) is 6.54 Å². The van der Waals surface area contributed by atoms with E-state index in [1.54, 1.807) is 6.07 Å². The highest BCUT2D eigenvalue weighted by molar-refractivity contribution is 5.93. The summed E-state index contributed by atoms with van der Waals surface area (Å²) in [5.41, 5.74) is 1.84. The van der Waals surface area contributed by atoms with Crippen LogP contribution in [0.15, 0.2) is 53.3 Å². The molecule has 1 saturated heterocycles. The van der Waals surface area contributed by atoms with Gasteiger partial charge in [0.2, 0.25) is 0 Å². The number of hydrogen-bond donors (Lipinski definition) is 1. The first-order valence-electron chi connectivity index (χ1n) is 8.44. The molecule has 3 rings (SSSR count). The van der Waals surface area contributed by atoms with Crippen LogP contribution in [0.3, 0.4) is 0 Å². The minimum Gasteiger partial charge on any atom is -0.472 e. The quantitative estimate of drug-likeness (QED) is 0.917. The fourth-order valence-electron chi connectivity index (χ4n) is 3.22. The van der Waals surface area contributed by atoms with E-state index in [4.69, 9.17) is 4.42 Å². The molecule has 1 N–H and O–H groups in total. The van der Waals surface area contributed by atoms with E-state index in [0.29, 0.717) is 12.1 Å². The third-order valence-corrected chi connectivity index (χ3v) is 4.51. The van der Waals surface area contributed by atoms with Crippen LogP contribution in [0.1, 0.15) is 47.6 Å². The van der Waals surface area contributed by atoms with E-state index < -0.39 is 0 Å². The zero-order valence-electron chi connectivity index (χ0n) is 13.4. The van der Waals surface area contributed by atoms with Crippen LogP contribution in [0.5, 0.6) is 0 Å². The maximum atomic E-state index is 12.2. The zero-order chi connectivity index (χ0) is 15.9. The monoisotopic (exact) mass is 312 g/mol. The number of rotatable bonds is 5. The Kier molecular flexibility index (Phi) is 5.48. The van der Waals surface area contributed by atoms with Gasteiger partial charge in [-0.2, -0.15) is 0 Å². The number of nitrogens with zero attached hydrogens (tertiary/aromatic N) is 1. The van der Waals surface area contributed by atoms with Crippen LogP contribution in [0, 0.1) is 0 Å². The molecule has 122 valence electrons. The van der Waals surface area contributed by atoms with Crippen molar-refractivity contribution >= 4 is 5.91 Å². The van der Waals surface area contributed by atoms with E-state index in [1.165, 1.54) is 43.8 Å². The first kappa shape index (κ1) is 15.8. The van der Waals surface area contributed by atoms with Gasteiger partial charge in [-0.1, -0.05) is 43.2 Å². The predicted molar refractivity (Wildman–Crippen MR) is 90.3 cm³/mol. The average Bonchev–Trinajstić information content (AvgIpc) is 3.00. The van der Waals surface area contributed by atoms with Gasteiger partial charge in [-0.3, -0.25) is 9.69 Å². The minimum absolute atomic E-state index is 0.0745. The number of amides is 1. The highest BCUT2D eigenvalue weighted by Gasteiger charge is 2.22. The Morgan fingerprint density at radius 3 is 2.48 bits per heavy atom. The molecular weight excluding hydrogens is 288 g/mol. The number of furan rings is 1. The number of likely N-dealkylation sites (tertiary alicyclic amines) is 1. The van der Waals surface area contributed by atoms with Gasteiger partial charge in [0.15, 0.2) is 0 Å². The molecule has 2 heterocycles. The van der Waals surface area contributed by atoms with Crippen LogP contribution in [-0.4, -0.2) is 30.4 Å². The zero-order valence-corrected chi connectivity index (χ0v) is 13.4. The second kappa shape index (κ2) is 7.97. The largest absolute Gasteiger partial charge is 0.472 e. The summed E-state index contributed by atoms with van der Waals surface area (Å²) in [5, 5.41) is 3.06. The molecule has 2 aromatic rings. The van der Waals surface area contributed by atoms with Crippen molar-refractivity contribution in [3.05, 3.63) is 60.1 Å².